The number of nitrogens with one attached hydrogen (secondary N) is 1. The van der Waals surface area contributed by atoms with Crippen LogP contribution >= 0.6 is 11.8 Å². The van der Waals surface area contributed by atoms with Gasteiger partial charge in [-0.25, -0.2) is 0 Å². The van der Waals surface area contributed by atoms with Gasteiger partial charge in [-0.15, -0.1) is 0 Å². The topological polar surface area (TPSA) is 59.9 Å². The first kappa shape index (κ1) is 14.8. The summed E-state index contributed by atoms with van der Waals surface area (Å²) >= 11 is 1.34. The molecule has 1 amide bonds. The number of hydrogen-bond donors (Lipinski definition) is 1. The van der Waals surface area contributed by atoms with Crippen LogP contribution in [0.4, 0.5) is 0 Å². The van der Waals surface area contributed by atoms with Crippen LogP contribution in [0.1, 0.15) is 11.1 Å². The van der Waals surface area contributed by atoms with E-state index in [1.165, 1.54) is 11.8 Å². The molecule has 2 heterocycles. The Labute approximate surface area is 143 Å². The summed E-state index contributed by atoms with van der Waals surface area (Å²) in [6.07, 6.45) is 1.83. The second-order valence-corrected chi connectivity index (χ2v) is 6.32. The zero-order chi connectivity index (χ0) is 16.4. The third kappa shape index (κ3) is 3.14. The Balaban J connectivity index is 1.49. The van der Waals surface area contributed by atoms with Crippen LogP contribution in [0.2, 0.25) is 0 Å². The highest BCUT2D eigenvalue weighted by Gasteiger charge is 2.24. The average Bonchev–Trinajstić information content (AvgIpc) is 3.20. The van der Waals surface area contributed by atoms with Crippen molar-refractivity contribution in [1.29, 1.82) is 0 Å². The summed E-state index contributed by atoms with van der Waals surface area (Å²) in [5, 5.41) is 3.42. The Morgan fingerprint density at radius 1 is 1.12 bits per heavy atom. The van der Waals surface area contributed by atoms with Crippen LogP contribution in [-0.2, 0) is 11.3 Å². The molecule has 0 aromatic heterocycles. The molecular formula is C18H14N2O3S. The lowest BCUT2D eigenvalue weighted by molar-refractivity contribution is -0.115. The average molecular weight is 338 g/mol. The molecule has 1 N–H and O–H groups in total. The largest absolute Gasteiger partial charge is 0.454 e. The lowest BCUT2D eigenvalue weighted by atomic mass is 10.2. The van der Waals surface area contributed by atoms with Crippen molar-refractivity contribution in [2.75, 3.05) is 6.79 Å². The molecule has 2 aliphatic heterocycles. The first-order valence-electron chi connectivity index (χ1n) is 7.47. The number of rotatable bonds is 3. The molecule has 1 saturated heterocycles. The summed E-state index contributed by atoms with van der Waals surface area (Å²) in [6.45, 7) is 0.779. The van der Waals surface area contributed by atoms with Gasteiger partial charge < -0.3 is 14.8 Å². The van der Waals surface area contributed by atoms with Crippen LogP contribution in [0.5, 0.6) is 11.5 Å². The van der Waals surface area contributed by atoms with Gasteiger partial charge in [0, 0.05) is 0 Å². The van der Waals surface area contributed by atoms with Gasteiger partial charge in [0.25, 0.3) is 5.91 Å². The number of fused-ring (bicyclic) bond motifs is 1. The molecular weight excluding hydrogens is 324 g/mol. The minimum atomic E-state index is -0.135. The molecule has 4 rings (SSSR count). The van der Waals surface area contributed by atoms with Gasteiger partial charge in [0.1, 0.15) is 0 Å². The summed E-state index contributed by atoms with van der Waals surface area (Å²) in [5.41, 5.74) is 1.99. The number of aliphatic imine (C=N–C) groups is 1. The first-order chi connectivity index (χ1) is 11.8. The Hall–Kier alpha value is -2.73. The minimum Gasteiger partial charge on any atom is -0.454 e. The molecule has 6 heteroatoms. The molecule has 0 aliphatic carbocycles. The van der Waals surface area contributed by atoms with E-state index in [0.717, 1.165) is 16.9 Å². The molecule has 0 radical (unpaired) electrons. The molecule has 0 atom stereocenters. The van der Waals surface area contributed by atoms with E-state index in [9.17, 15) is 4.79 Å². The Bertz CT molecular complexity index is 847. The SMILES string of the molecule is O=C1NC(=NCc2ccccc2)S/C1=C\c1ccc2c(c1)OCO2. The molecule has 0 spiro atoms. The van der Waals surface area contributed by atoms with Crippen LogP contribution in [0.25, 0.3) is 6.08 Å². The number of hydrogen-bond acceptors (Lipinski definition) is 5. The van der Waals surface area contributed by atoms with Crippen molar-refractivity contribution in [2.24, 2.45) is 4.99 Å². The fraction of sp³-hybridized carbons (Fsp3) is 0.111. The Morgan fingerprint density at radius 3 is 2.83 bits per heavy atom. The van der Waals surface area contributed by atoms with Crippen molar-refractivity contribution in [3.63, 3.8) is 0 Å². The number of benzene rings is 2. The van der Waals surface area contributed by atoms with Crippen LogP contribution < -0.4 is 14.8 Å². The van der Waals surface area contributed by atoms with Gasteiger partial charge in [0.2, 0.25) is 6.79 Å². The van der Waals surface area contributed by atoms with Gasteiger partial charge >= 0.3 is 0 Å². The zero-order valence-electron chi connectivity index (χ0n) is 12.7. The fourth-order valence-corrected chi connectivity index (χ4v) is 3.22. The van der Waals surface area contributed by atoms with Crippen LogP contribution in [-0.4, -0.2) is 17.9 Å². The molecule has 0 unspecified atom stereocenters. The molecule has 0 saturated carbocycles. The van der Waals surface area contributed by atoms with Gasteiger partial charge in [-0.3, -0.25) is 9.79 Å². The third-order valence-corrected chi connectivity index (χ3v) is 4.54. The quantitative estimate of drug-likeness (QED) is 0.873. The van der Waals surface area contributed by atoms with Crippen molar-refractivity contribution in [2.45, 2.75) is 6.54 Å². The second kappa shape index (κ2) is 6.41. The molecule has 1 fully saturated rings. The minimum absolute atomic E-state index is 0.135. The standard InChI is InChI=1S/C18H14N2O3S/c21-17-16(9-13-6-7-14-15(8-13)23-11-22-14)24-18(20-17)19-10-12-4-2-1-3-5-12/h1-9H,10-11H2,(H,19,20,21)/b16-9-. The molecule has 2 aromatic rings. The van der Waals surface area contributed by atoms with Gasteiger partial charge in [-0.1, -0.05) is 36.4 Å². The van der Waals surface area contributed by atoms with E-state index >= 15 is 0 Å². The van der Waals surface area contributed by atoms with Crippen molar-refractivity contribution >= 4 is 28.9 Å². The number of amidine groups is 1. The molecule has 2 aliphatic rings. The van der Waals surface area contributed by atoms with E-state index in [2.05, 4.69) is 10.3 Å². The summed E-state index contributed by atoms with van der Waals surface area (Å²) in [7, 11) is 0. The highest BCUT2D eigenvalue weighted by molar-refractivity contribution is 8.18. The van der Waals surface area contributed by atoms with Crippen molar-refractivity contribution in [3.05, 3.63) is 64.6 Å². The molecule has 5 nitrogen and oxygen atoms in total. The van der Waals surface area contributed by atoms with Crippen molar-refractivity contribution < 1.29 is 14.3 Å². The summed E-state index contributed by atoms with van der Waals surface area (Å²) in [4.78, 5) is 17.2. The zero-order valence-corrected chi connectivity index (χ0v) is 13.5. The van der Waals surface area contributed by atoms with Gasteiger partial charge in [0.15, 0.2) is 16.7 Å². The summed E-state index contributed by atoms with van der Waals surface area (Å²) < 4.78 is 10.6. The number of carbonyl (C=O) groups is 1. The highest BCUT2D eigenvalue weighted by Crippen LogP contribution is 2.34. The monoisotopic (exact) mass is 338 g/mol. The molecule has 120 valence electrons. The van der Waals surface area contributed by atoms with E-state index < -0.39 is 0 Å². The van der Waals surface area contributed by atoms with Crippen molar-refractivity contribution in [3.8, 4) is 11.5 Å². The summed E-state index contributed by atoms with van der Waals surface area (Å²) in [6, 6.07) is 15.5. The highest BCUT2D eigenvalue weighted by atomic mass is 32.2. The lowest BCUT2D eigenvalue weighted by Gasteiger charge is -1.98. The maximum atomic E-state index is 12.1. The number of nitrogens with zero attached hydrogens (tertiary/aromatic N) is 1. The van der Waals surface area contributed by atoms with Crippen LogP contribution in [0, 0.1) is 0 Å². The van der Waals surface area contributed by atoms with Gasteiger partial charge in [0.05, 0.1) is 11.4 Å². The van der Waals surface area contributed by atoms with E-state index in [1.54, 1.807) is 0 Å². The molecule has 0 bridgehead atoms. The Morgan fingerprint density at radius 2 is 1.96 bits per heavy atom. The maximum absolute atomic E-state index is 12.1. The second-order valence-electron chi connectivity index (χ2n) is 5.28. The van der Waals surface area contributed by atoms with E-state index in [-0.39, 0.29) is 12.7 Å². The summed E-state index contributed by atoms with van der Waals surface area (Å²) in [5.74, 6) is 1.29. The normalized spacial score (nSPS) is 19.1. The molecule has 24 heavy (non-hydrogen) atoms. The fourth-order valence-electron chi connectivity index (χ4n) is 2.40. The maximum Gasteiger partial charge on any atom is 0.264 e. The van der Waals surface area contributed by atoms with Crippen LogP contribution in [0.3, 0.4) is 0 Å². The first-order valence-corrected chi connectivity index (χ1v) is 8.28. The predicted molar refractivity (Wildman–Crippen MR) is 93.9 cm³/mol. The number of ether oxygens (including phenoxy) is 2. The number of amides is 1. The third-order valence-electron chi connectivity index (χ3n) is 3.59. The smallest absolute Gasteiger partial charge is 0.264 e. The van der Waals surface area contributed by atoms with E-state index in [0.29, 0.717) is 22.4 Å². The lowest BCUT2D eigenvalue weighted by Crippen LogP contribution is -2.19. The number of thioether (sulfide) groups is 1. The predicted octanol–water partition coefficient (Wildman–Crippen LogP) is 3.18. The van der Waals surface area contributed by atoms with Gasteiger partial charge in [-0.05, 0) is 41.1 Å². The van der Waals surface area contributed by atoms with E-state index in [1.807, 2.05) is 54.6 Å². The van der Waals surface area contributed by atoms with E-state index in [4.69, 9.17) is 9.47 Å². The molecule has 2 aromatic carbocycles. The Kier molecular flexibility index (Phi) is 3.96. The van der Waals surface area contributed by atoms with Crippen molar-refractivity contribution in [1.82, 2.24) is 5.32 Å². The van der Waals surface area contributed by atoms with Crippen LogP contribution in [0.15, 0.2) is 58.4 Å². The number of carbonyl (C=O) groups excluding carboxylic acids is 1. The van der Waals surface area contributed by atoms with Gasteiger partial charge in [-0.2, -0.15) is 0 Å².